The first kappa shape index (κ1) is 66.7. The number of aliphatic carboxylic acids is 1. The van der Waals surface area contributed by atoms with Crippen molar-refractivity contribution >= 4 is 65.1 Å². The van der Waals surface area contributed by atoms with E-state index in [1.165, 1.54) is 24.3 Å². The molecule has 0 heterocycles. The molecule has 1 aromatic rings. The van der Waals surface area contributed by atoms with Crippen LogP contribution in [0.5, 0.6) is 5.75 Å². The molecule has 27 nitrogen and oxygen atoms in total. The van der Waals surface area contributed by atoms with Gasteiger partial charge in [0, 0.05) is 19.5 Å². The highest BCUT2D eigenvalue weighted by Crippen LogP contribution is 2.15. The van der Waals surface area contributed by atoms with E-state index in [0.29, 0.717) is 18.4 Å². The number of nitrogens with zero attached hydrogens (tertiary/aromatic N) is 2. The van der Waals surface area contributed by atoms with Crippen LogP contribution >= 0.6 is 0 Å². The van der Waals surface area contributed by atoms with E-state index in [2.05, 4.69) is 52.5 Å². The molecular formula is C49H85N15O12. The largest absolute Gasteiger partial charge is 0.508 e. The van der Waals surface area contributed by atoms with E-state index in [1.807, 2.05) is 0 Å². The Labute approximate surface area is 444 Å². The van der Waals surface area contributed by atoms with Gasteiger partial charge in [-0.3, -0.25) is 48.3 Å². The van der Waals surface area contributed by atoms with Crippen molar-refractivity contribution in [1.29, 1.82) is 0 Å². The minimum atomic E-state index is -1.69. The Morgan fingerprint density at radius 1 is 0.566 bits per heavy atom. The quantitative estimate of drug-likeness (QED) is 0.0180. The number of carboxylic acid groups (broad SMARTS) is 1. The number of carbonyl (C=O) groups excluding carboxylic acids is 8. The first-order valence-corrected chi connectivity index (χ1v) is 25.5. The second-order valence-electron chi connectivity index (χ2n) is 19.8. The van der Waals surface area contributed by atoms with E-state index >= 15 is 0 Å². The van der Waals surface area contributed by atoms with Crippen molar-refractivity contribution < 1.29 is 58.5 Å². The molecule has 27 heteroatoms. The summed E-state index contributed by atoms with van der Waals surface area (Å²) in [7, 11) is 0. The standard InChI is InChI=1S/C49H85N15O12/c1-9-28(8)39(47(75)76)63-37(67)23-57-41(69)33(20-25(2)3)60-43(71)34(21-26(4)5)61-42(70)32(13-11-19-56-49(53)54)58-45(73)36(24-65)62-46(74)38(27(6)7)64-44(72)35(22-29-14-16-30(66)17-15-29)59-40(68)31(50)12-10-18-55-48(51)52/h14-17,25-28,31-36,38-39,65-66H,9-13,18-24,50H2,1-8H3,(H,57,69)(H,58,73)(H,59,68)(H,60,71)(H,61,70)(H,62,74)(H,63,67)(H,64,72)(H,75,76)(H4,51,52,55)(H4,53,54,56)/t28-,31-,32-,33-,34-,35-,36-,38-,39-/m0/s1. The van der Waals surface area contributed by atoms with Gasteiger partial charge in [-0.15, -0.1) is 0 Å². The molecule has 1 aromatic carbocycles. The molecule has 9 atom stereocenters. The highest BCUT2D eigenvalue weighted by molar-refractivity contribution is 5.98. The Kier molecular flexibility index (Phi) is 30.1. The Bertz CT molecular complexity index is 2130. The fraction of sp³-hybridized carbons (Fsp3) is 0.653. The summed E-state index contributed by atoms with van der Waals surface area (Å²) >= 11 is 0. The topological polar surface area (TPSA) is 465 Å². The van der Waals surface area contributed by atoms with Crippen LogP contribution in [-0.2, 0) is 49.6 Å². The summed E-state index contributed by atoms with van der Waals surface area (Å²) in [5.74, 6) is -9.59. The molecule has 0 saturated carbocycles. The van der Waals surface area contributed by atoms with Crippen LogP contribution < -0.4 is 71.2 Å². The van der Waals surface area contributed by atoms with E-state index in [0.717, 1.165) is 0 Å². The number of aliphatic hydroxyl groups excluding tert-OH is 1. The molecule has 0 radical (unpaired) electrons. The fourth-order valence-electron chi connectivity index (χ4n) is 7.44. The van der Waals surface area contributed by atoms with Crippen LogP contribution in [0.3, 0.4) is 0 Å². The van der Waals surface area contributed by atoms with Gasteiger partial charge in [0.15, 0.2) is 11.9 Å². The first-order chi connectivity index (χ1) is 35.6. The van der Waals surface area contributed by atoms with Crippen molar-refractivity contribution in [3.05, 3.63) is 29.8 Å². The van der Waals surface area contributed by atoms with Gasteiger partial charge in [-0.1, -0.05) is 73.9 Å². The number of amides is 8. The van der Waals surface area contributed by atoms with Crippen molar-refractivity contribution in [2.45, 2.75) is 155 Å². The molecule has 0 fully saturated rings. The highest BCUT2D eigenvalue weighted by Gasteiger charge is 2.35. The monoisotopic (exact) mass is 1080 g/mol. The Morgan fingerprint density at radius 3 is 1.51 bits per heavy atom. The number of phenols is 1. The maximum absolute atomic E-state index is 14.1. The minimum Gasteiger partial charge on any atom is -0.508 e. The number of phenolic OH excluding ortho intramolecular Hbond substituents is 1. The third kappa shape index (κ3) is 25.8. The fourth-order valence-corrected chi connectivity index (χ4v) is 7.44. The Morgan fingerprint density at radius 2 is 1.03 bits per heavy atom. The lowest BCUT2D eigenvalue weighted by Gasteiger charge is -2.29. The maximum Gasteiger partial charge on any atom is 0.326 e. The van der Waals surface area contributed by atoms with Crippen molar-refractivity contribution in [2.75, 3.05) is 26.2 Å². The van der Waals surface area contributed by atoms with Gasteiger partial charge in [0.1, 0.15) is 48.0 Å². The number of hydrogen-bond acceptors (Lipinski definition) is 14. The molecule has 76 heavy (non-hydrogen) atoms. The SMILES string of the molecule is CC[C@H](C)[C@H](NC(=O)CNC(=O)[C@H](CC(C)C)NC(=O)[C@H](CC(C)C)NC(=O)[C@H](CCCN=C(N)N)NC(=O)[C@H](CO)NC(=O)[C@@H](NC(=O)[C@H](Cc1ccc(O)cc1)NC(=O)[C@@H](N)CCCN=C(N)N)C(C)C)C(=O)O. The number of carboxylic acids is 1. The van der Waals surface area contributed by atoms with Gasteiger partial charge in [-0.05, 0) is 79.9 Å². The zero-order valence-corrected chi connectivity index (χ0v) is 45.0. The van der Waals surface area contributed by atoms with Crippen LogP contribution in [0.1, 0.15) is 106 Å². The normalized spacial score (nSPS) is 14.7. The summed E-state index contributed by atoms with van der Waals surface area (Å²) in [6, 6.07) is -4.64. The molecule has 8 amide bonds. The molecule has 428 valence electrons. The first-order valence-electron chi connectivity index (χ1n) is 25.5. The number of nitrogens with one attached hydrogen (secondary N) is 8. The molecule has 0 aliphatic heterocycles. The minimum absolute atomic E-state index is 0.0198. The highest BCUT2D eigenvalue weighted by atomic mass is 16.4. The van der Waals surface area contributed by atoms with Crippen LogP contribution in [0.15, 0.2) is 34.3 Å². The zero-order chi connectivity index (χ0) is 57.8. The van der Waals surface area contributed by atoms with Gasteiger partial charge in [0.05, 0.1) is 19.2 Å². The summed E-state index contributed by atoms with van der Waals surface area (Å²) in [5, 5.41) is 50.2. The van der Waals surface area contributed by atoms with Gasteiger partial charge in [0.2, 0.25) is 47.3 Å². The summed E-state index contributed by atoms with van der Waals surface area (Å²) in [6.45, 7) is 12.5. The number of carbonyl (C=O) groups is 9. The second kappa shape index (κ2) is 34.3. The lowest BCUT2D eigenvalue weighted by Crippen LogP contribution is -2.61. The molecule has 0 aliphatic rings. The van der Waals surface area contributed by atoms with Crippen molar-refractivity contribution in [1.82, 2.24) is 42.5 Å². The zero-order valence-electron chi connectivity index (χ0n) is 45.0. The third-order valence-corrected chi connectivity index (χ3v) is 11.9. The molecule has 0 aliphatic carbocycles. The molecule has 0 spiro atoms. The van der Waals surface area contributed by atoms with E-state index in [1.54, 1.807) is 55.4 Å². The van der Waals surface area contributed by atoms with Crippen molar-refractivity contribution in [3.63, 3.8) is 0 Å². The molecule has 0 aromatic heterocycles. The van der Waals surface area contributed by atoms with Crippen LogP contribution in [0.4, 0.5) is 0 Å². The third-order valence-electron chi connectivity index (χ3n) is 11.9. The molecule has 0 saturated heterocycles. The predicted molar refractivity (Wildman–Crippen MR) is 284 cm³/mol. The van der Waals surface area contributed by atoms with E-state index in [4.69, 9.17) is 28.7 Å². The average molecular weight is 1080 g/mol. The second-order valence-corrected chi connectivity index (χ2v) is 19.8. The Hall–Kier alpha value is -7.29. The number of benzene rings is 1. The van der Waals surface area contributed by atoms with Crippen molar-refractivity contribution in [2.24, 2.45) is 62.3 Å². The summed E-state index contributed by atoms with van der Waals surface area (Å²) in [5.41, 5.74) is 28.4. The van der Waals surface area contributed by atoms with Crippen LogP contribution in [-0.4, -0.2) is 155 Å². The number of aliphatic imine (C=N–C) groups is 2. The van der Waals surface area contributed by atoms with Gasteiger partial charge >= 0.3 is 5.97 Å². The van der Waals surface area contributed by atoms with Crippen molar-refractivity contribution in [3.8, 4) is 5.75 Å². The lowest BCUT2D eigenvalue weighted by atomic mass is 9.99. The molecule has 1 rings (SSSR count). The van der Waals surface area contributed by atoms with E-state index in [9.17, 15) is 58.5 Å². The Balaban J connectivity index is 3.38. The predicted octanol–water partition coefficient (Wildman–Crippen LogP) is -3.25. The molecular weight excluding hydrogens is 991 g/mol. The number of aromatic hydroxyl groups is 1. The average Bonchev–Trinajstić information content (AvgIpc) is 3.34. The molecule has 0 bridgehead atoms. The van der Waals surface area contributed by atoms with E-state index in [-0.39, 0.29) is 81.1 Å². The van der Waals surface area contributed by atoms with Crippen LogP contribution in [0.2, 0.25) is 0 Å². The summed E-state index contributed by atoms with van der Waals surface area (Å²) in [4.78, 5) is 129. The molecule has 21 N–H and O–H groups in total. The summed E-state index contributed by atoms with van der Waals surface area (Å²) in [6.07, 6.45) is 1.05. The molecule has 0 unspecified atom stereocenters. The van der Waals surface area contributed by atoms with Gasteiger partial charge in [-0.25, -0.2) is 4.79 Å². The van der Waals surface area contributed by atoms with E-state index < -0.39 is 127 Å². The number of rotatable bonds is 35. The number of hydrogen-bond donors (Lipinski definition) is 16. The smallest absolute Gasteiger partial charge is 0.326 e. The maximum atomic E-state index is 14.1. The van der Waals surface area contributed by atoms with Crippen LogP contribution in [0.25, 0.3) is 0 Å². The number of nitrogens with two attached hydrogens (primary N) is 5. The lowest BCUT2D eigenvalue weighted by molar-refractivity contribution is -0.143. The van der Waals surface area contributed by atoms with Gasteiger partial charge in [-0.2, -0.15) is 0 Å². The summed E-state index contributed by atoms with van der Waals surface area (Å²) < 4.78 is 0. The van der Waals surface area contributed by atoms with Gasteiger partial charge in [0.25, 0.3) is 0 Å². The number of guanidine groups is 2. The number of aliphatic hydroxyl groups is 1. The van der Waals surface area contributed by atoms with Gasteiger partial charge < -0.3 is 86.5 Å². The van der Waals surface area contributed by atoms with Crippen LogP contribution in [0, 0.1) is 23.7 Å².